The number of thiophene rings is 1. The van der Waals surface area contributed by atoms with Gasteiger partial charge < -0.3 is 9.84 Å². The lowest BCUT2D eigenvalue weighted by molar-refractivity contribution is 0.0958. The lowest BCUT2D eigenvalue weighted by Gasteiger charge is -2.05. The molecule has 32 heavy (non-hydrogen) atoms. The molecule has 2 heterocycles. The van der Waals surface area contributed by atoms with Crippen LogP contribution in [0.1, 0.15) is 38.4 Å². The second-order valence-corrected chi connectivity index (χ2v) is 8.31. The summed E-state index contributed by atoms with van der Waals surface area (Å²) in [6, 6.07) is 12.6. The van der Waals surface area contributed by atoms with Crippen LogP contribution in [0.2, 0.25) is 5.02 Å². The highest BCUT2D eigenvalue weighted by Crippen LogP contribution is 2.35. The Kier molecular flexibility index (Phi) is 6.02. The van der Waals surface area contributed by atoms with Crippen molar-refractivity contribution >= 4 is 56.2 Å². The van der Waals surface area contributed by atoms with E-state index in [0.717, 1.165) is 16.9 Å². The lowest BCUT2D eigenvalue weighted by Crippen LogP contribution is -2.18. The van der Waals surface area contributed by atoms with E-state index in [4.69, 9.17) is 16.1 Å². The average molecular weight is 471 g/mol. The molecule has 2 aromatic carbocycles. The smallest absolute Gasteiger partial charge is 0.283 e. The Bertz CT molecular complexity index is 1360. The standard InChI is InChI=1S/C22H16ClFN4O3S/c1-11-9-17(28-31-11)21(29)25-15-6-3-13(4-7-15)12(2)26-27-22(30)20-19(23)16-8-5-14(24)10-18(16)32-20/h3-10H,1-2H3,(H,25,29)(H,27,30). The molecule has 0 saturated heterocycles. The number of hydrogen-bond acceptors (Lipinski definition) is 6. The number of carbonyl (C=O) groups excluding carboxylic acids is 2. The number of hydrazone groups is 1. The van der Waals surface area contributed by atoms with E-state index in [0.29, 0.717) is 27.2 Å². The van der Waals surface area contributed by atoms with Gasteiger partial charge in [-0.2, -0.15) is 5.10 Å². The summed E-state index contributed by atoms with van der Waals surface area (Å²) in [5, 5.41) is 11.4. The zero-order valence-electron chi connectivity index (χ0n) is 16.9. The van der Waals surface area contributed by atoms with Crippen LogP contribution in [0.3, 0.4) is 0 Å². The zero-order chi connectivity index (χ0) is 22.8. The molecule has 0 spiro atoms. The molecule has 7 nitrogen and oxygen atoms in total. The number of nitrogens with zero attached hydrogens (tertiary/aromatic N) is 2. The van der Waals surface area contributed by atoms with Crippen LogP contribution in [-0.2, 0) is 0 Å². The van der Waals surface area contributed by atoms with Crippen molar-refractivity contribution in [3.63, 3.8) is 0 Å². The molecule has 0 radical (unpaired) electrons. The fourth-order valence-corrected chi connectivity index (χ4v) is 4.33. The van der Waals surface area contributed by atoms with Gasteiger partial charge >= 0.3 is 0 Å². The minimum atomic E-state index is -0.484. The Morgan fingerprint density at radius 3 is 2.56 bits per heavy atom. The van der Waals surface area contributed by atoms with Crippen LogP contribution < -0.4 is 10.7 Å². The lowest BCUT2D eigenvalue weighted by atomic mass is 10.1. The molecular weight excluding hydrogens is 455 g/mol. The molecule has 4 aromatic rings. The Balaban J connectivity index is 1.43. The second-order valence-electron chi connectivity index (χ2n) is 6.88. The van der Waals surface area contributed by atoms with Crippen LogP contribution in [0, 0.1) is 12.7 Å². The Morgan fingerprint density at radius 2 is 1.88 bits per heavy atom. The number of aromatic nitrogens is 1. The highest BCUT2D eigenvalue weighted by atomic mass is 35.5. The molecule has 2 N–H and O–H groups in total. The number of aryl methyl sites for hydroxylation is 1. The number of halogens is 2. The molecule has 0 atom stereocenters. The van der Waals surface area contributed by atoms with Gasteiger partial charge in [-0.15, -0.1) is 11.3 Å². The summed E-state index contributed by atoms with van der Waals surface area (Å²) in [5.41, 5.74) is 4.53. The summed E-state index contributed by atoms with van der Waals surface area (Å²) in [4.78, 5) is 24.9. The van der Waals surface area contributed by atoms with E-state index in [1.807, 2.05) is 0 Å². The maximum Gasteiger partial charge on any atom is 0.283 e. The summed E-state index contributed by atoms with van der Waals surface area (Å²) in [6.45, 7) is 3.43. The van der Waals surface area contributed by atoms with E-state index in [2.05, 4.69) is 21.0 Å². The van der Waals surface area contributed by atoms with Crippen LogP contribution in [0.25, 0.3) is 10.1 Å². The summed E-state index contributed by atoms with van der Waals surface area (Å²) in [7, 11) is 0. The van der Waals surface area contributed by atoms with Gasteiger partial charge in [0.05, 0.1) is 10.7 Å². The largest absolute Gasteiger partial charge is 0.361 e. The number of fused-ring (bicyclic) bond motifs is 1. The first kappa shape index (κ1) is 21.7. The average Bonchev–Trinajstić information content (AvgIpc) is 3.35. The molecule has 0 aliphatic rings. The van der Waals surface area contributed by atoms with Crippen molar-refractivity contribution in [2.24, 2.45) is 5.10 Å². The van der Waals surface area contributed by atoms with Crippen molar-refractivity contribution in [3.05, 3.63) is 81.3 Å². The van der Waals surface area contributed by atoms with Crippen molar-refractivity contribution < 1.29 is 18.5 Å². The maximum atomic E-state index is 13.4. The first-order valence-electron chi connectivity index (χ1n) is 9.39. The van der Waals surface area contributed by atoms with Gasteiger partial charge in [-0.1, -0.05) is 28.9 Å². The zero-order valence-corrected chi connectivity index (χ0v) is 18.5. The van der Waals surface area contributed by atoms with Crippen LogP contribution in [-0.4, -0.2) is 22.7 Å². The predicted octanol–water partition coefficient (Wildman–Crippen LogP) is 5.40. The fraction of sp³-hybridized carbons (Fsp3) is 0.0909. The molecule has 0 saturated carbocycles. The van der Waals surface area contributed by atoms with E-state index < -0.39 is 11.7 Å². The van der Waals surface area contributed by atoms with Crippen molar-refractivity contribution in [1.29, 1.82) is 0 Å². The van der Waals surface area contributed by atoms with E-state index >= 15 is 0 Å². The molecular formula is C22H16ClFN4O3S. The molecule has 0 bridgehead atoms. The molecule has 4 rings (SSSR count). The van der Waals surface area contributed by atoms with Crippen molar-refractivity contribution in [2.45, 2.75) is 13.8 Å². The molecule has 0 aliphatic heterocycles. The number of rotatable bonds is 5. The maximum absolute atomic E-state index is 13.4. The molecule has 0 aliphatic carbocycles. The van der Waals surface area contributed by atoms with Gasteiger partial charge in [0.2, 0.25) is 0 Å². The first-order chi connectivity index (χ1) is 15.3. The molecule has 2 amide bonds. The number of carbonyl (C=O) groups is 2. The van der Waals surface area contributed by atoms with Gasteiger partial charge in [-0.3, -0.25) is 9.59 Å². The summed E-state index contributed by atoms with van der Waals surface area (Å²) < 4.78 is 18.9. The first-order valence-corrected chi connectivity index (χ1v) is 10.6. The Morgan fingerprint density at radius 1 is 1.12 bits per heavy atom. The number of nitrogens with one attached hydrogen (secondary N) is 2. The Hall–Kier alpha value is -3.56. The minimum absolute atomic E-state index is 0.190. The minimum Gasteiger partial charge on any atom is -0.361 e. The third-order valence-electron chi connectivity index (χ3n) is 4.54. The van der Waals surface area contributed by atoms with Gasteiger partial charge in [0, 0.05) is 21.8 Å². The second kappa shape index (κ2) is 8.89. The SMILES string of the molecule is CC(=NNC(=O)c1sc2cc(F)ccc2c1Cl)c1ccc(NC(=O)c2cc(C)on2)cc1. The van der Waals surface area contributed by atoms with Crippen molar-refractivity contribution in [3.8, 4) is 0 Å². The Labute approximate surface area is 190 Å². The quantitative estimate of drug-likeness (QED) is 0.301. The van der Waals surface area contributed by atoms with Crippen molar-refractivity contribution in [2.75, 3.05) is 5.32 Å². The van der Waals surface area contributed by atoms with Crippen LogP contribution >= 0.6 is 22.9 Å². The van der Waals surface area contributed by atoms with Crippen LogP contribution in [0.5, 0.6) is 0 Å². The van der Waals surface area contributed by atoms with Crippen LogP contribution in [0.4, 0.5) is 10.1 Å². The molecule has 2 aromatic heterocycles. The van der Waals surface area contributed by atoms with Crippen LogP contribution in [0.15, 0.2) is 58.2 Å². The summed E-state index contributed by atoms with van der Waals surface area (Å²) in [6.07, 6.45) is 0. The van der Waals surface area contributed by atoms with Gasteiger partial charge in [-0.05, 0) is 49.7 Å². The normalized spacial score (nSPS) is 11.6. The molecule has 0 unspecified atom stereocenters. The number of amides is 2. The molecule has 162 valence electrons. The van der Waals surface area contributed by atoms with Gasteiger partial charge in [0.15, 0.2) is 5.69 Å². The third-order valence-corrected chi connectivity index (χ3v) is 6.20. The fourth-order valence-electron chi connectivity index (χ4n) is 2.90. The highest BCUT2D eigenvalue weighted by Gasteiger charge is 2.17. The monoisotopic (exact) mass is 470 g/mol. The van der Waals surface area contributed by atoms with E-state index in [-0.39, 0.29) is 21.5 Å². The summed E-state index contributed by atoms with van der Waals surface area (Å²) >= 11 is 7.37. The van der Waals surface area contributed by atoms with Gasteiger partial charge in [-0.25, -0.2) is 9.82 Å². The van der Waals surface area contributed by atoms with Gasteiger partial charge in [0.25, 0.3) is 11.8 Å². The number of benzene rings is 2. The third kappa shape index (κ3) is 4.53. The molecule has 0 fully saturated rings. The topological polar surface area (TPSA) is 96.6 Å². The van der Waals surface area contributed by atoms with E-state index in [9.17, 15) is 14.0 Å². The summed E-state index contributed by atoms with van der Waals surface area (Å²) in [5.74, 6) is -0.717. The van der Waals surface area contributed by atoms with E-state index in [1.165, 1.54) is 12.1 Å². The molecule has 10 heteroatoms. The number of anilines is 1. The highest BCUT2D eigenvalue weighted by molar-refractivity contribution is 7.21. The van der Waals surface area contributed by atoms with Gasteiger partial charge in [0.1, 0.15) is 16.5 Å². The van der Waals surface area contributed by atoms with Crippen molar-refractivity contribution in [1.82, 2.24) is 10.6 Å². The number of hydrogen-bond donors (Lipinski definition) is 2. The van der Waals surface area contributed by atoms with E-state index in [1.54, 1.807) is 50.2 Å². The predicted molar refractivity (Wildman–Crippen MR) is 122 cm³/mol.